The van der Waals surface area contributed by atoms with E-state index in [2.05, 4.69) is 52.8 Å². The van der Waals surface area contributed by atoms with E-state index in [4.69, 9.17) is 19.7 Å². The summed E-state index contributed by atoms with van der Waals surface area (Å²) in [6.45, 7) is 4.85. The summed E-state index contributed by atoms with van der Waals surface area (Å²) in [7, 11) is 4.07. The quantitative estimate of drug-likeness (QED) is 0.298. The van der Waals surface area contributed by atoms with Gasteiger partial charge in [0.2, 0.25) is 5.95 Å². The van der Waals surface area contributed by atoms with Crippen LogP contribution >= 0.6 is 11.3 Å². The van der Waals surface area contributed by atoms with Crippen LogP contribution in [0.5, 0.6) is 5.75 Å². The van der Waals surface area contributed by atoms with Crippen LogP contribution in [-0.2, 0) is 13.0 Å². The van der Waals surface area contributed by atoms with E-state index in [0.717, 1.165) is 78.1 Å². The highest BCUT2D eigenvalue weighted by Gasteiger charge is 2.22. The van der Waals surface area contributed by atoms with Crippen LogP contribution in [0.1, 0.15) is 41.8 Å². The number of nitrogens with zero attached hydrogens (tertiary/aromatic N) is 4. The molecule has 8 heteroatoms. The molecule has 2 aliphatic rings. The SMILES string of the molecule is Cc1nc(-c2ccc3c(c2)CCO3)sc1CNCC1CCC(Nc2nc(N(C)C)c3ccccc3n2)CC1. The summed E-state index contributed by atoms with van der Waals surface area (Å²) < 4.78 is 5.65. The molecule has 0 saturated heterocycles. The molecule has 0 radical (unpaired) electrons. The summed E-state index contributed by atoms with van der Waals surface area (Å²) in [4.78, 5) is 17.9. The molecule has 2 aromatic heterocycles. The van der Waals surface area contributed by atoms with Gasteiger partial charge in [-0.25, -0.2) is 9.97 Å². The maximum absolute atomic E-state index is 5.65. The van der Waals surface area contributed by atoms with Crippen LogP contribution < -0.4 is 20.3 Å². The fourth-order valence-electron chi connectivity index (χ4n) is 5.58. The third-order valence-electron chi connectivity index (χ3n) is 7.73. The van der Waals surface area contributed by atoms with Gasteiger partial charge in [0, 0.05) is 48.9 Å². The summed E-state index contributed by atoms with van der Waals surface area (Å²) >= 11 is 1.81. The predicted octanol–water partition coefficient (Wildman–Crippen LogP) is 5.82. The Bertz CT molecular complexity index is 1430. The first kappa shape index (κ1) is 25.1. The Morgan fingerprint density at radius 2 is 1.87 bits per heavy atom. The van der Waals surface area contributed by atoms with Gasteiger partial charge in [0.25, 0.3) is 0 Å². The van der Waals surface area contributed by atoms with E-state index in [1.165, 1.54) is 28.8 Å². The van der Waals surface area contributed by atoms with Crippen LogP contribution in [0, 0.1) is 12.8 Å². The number of aryl methyl sites for hydroxylation is 1. The van der Waals surface area contributed by atoms with Gasteiger partial charge in [0.15, 0.2) is 0 Å². The van der Waals surface area contributed by atoms with E-state index in [1.54, 1.807) is 0 Å². The fraction of sp³-hybridized carbons (Fsp3) is 0.433. The van der Waals surface area contributed by atoms with E-state index in [9.17, 15) is 0 Å². The van der Waals surface area contributed by atoms with Crippen molar-refractivity contribution < 1.29 is 4.74 Å². The second kappa shape index (κ2) is 10.9. The van der Waals surface area contributed by atoms with Crippen molar-refractivity contribution in [3.8, 4) is 16.3 Å². The van der Waals surface area contributed by atoms with Crippen LogP contribution in [0.2, 0.25) is 0 Å². The minimum Gasteiger partial charge on any atom is -0.493 e. The zero-order valence-electron chi connectivity index (χ0n) is 22.5. The van der Waals surface area contributed by atoms with Crippen molar-refractivity contribution >= 4 is 34.0 Å². The lowest BCUT2D eigenvalue weighted by atomic mass is 9.86. The number of thiazole rings is 1. The number of fused-ring (bicyclic) bond motifs is 2. The number of para-hydroxylation sites is 1. The highest BCUT2D eigenvalue weighted by molar-refractivity contribution is 7.15. The van der Waals surface area contributed by atoms with Crippen LogP contribution in [0.25, 0.3) is 21.5 Å². The molecule has 2 N–H and O–H groups in total. The Kier molecular flexibility index (Phi) is 7.17. The van der Waals surface area contributed by atoms with Gasteiger partial charge in [-0.05, 0) is 81.0 Å². The molecule has 0 spiro atoms. The molecule has 6 rings (SSSR count). The third-order valence-corrected chi connectivity index (χ3v) is 8.94. The van der Waals surface area contributed by atoms with Gasteiger partial charge in [-0.15, -0.1) is 11.3 Å². The van der Waals surface area contributed by atoms with E-state index >= 15 is 0 Å². The van der Waals surface area contributed by atoms with Crippen molar-refractivity contribution in [1.82, 2.24) is 20.3 Å². The maximum atomic E-state index is 5.65. The molecule has 4 aromatic rings. The maximum Gasteiger partial charge on any atom is 0.225 e. The average Bonchev–Trinajstić information content (AvgIpc) is 3.55. The number of ether oxygens (including phenoxy) is 1. The molecule has 0 atom stereocenters. The molecule has 0 amide bonds. The minimum absolute atomic E-state index is 0.423. The van der Waals surface area contributed by atoms with Crippen molar-refractivity contribution in [3.63, 3.8) is 0 Å². The van der Waals surface area contributed by atoms with Crippen molar-refractivity contribution in [1.29, 1.82) is 0 Å². The van der Waals surface area contributed by atoms with Crippen LogP contribution in [0.15, 0.2) is 42.5 Å². The second-order valence-electron chi connectivity index (χ2n) is 10.7. The molecule has 1 aliphatic heterocycles. The van der Waals surface area contributed by atoms with Gasteiger partial charge in [0.05, 0.1) is 17.8 Å². The van der Waals surface area contributed by atoms with Gasteiger partial charge in [-0.1, -0.05) is 12.1 Å². The molecule has 2 aromatic carbocycles. The molecule has 1 fully saturated rings. The Balaban J connectivity index is 1.00. The number of nitrogens with one attached hydrogen (secondary N) is 2. The smallest absolute Gasteiger partial charge is 0.225 e. The lowest BCUT2D eigenvalue weighted by molar-refractivity contribution is 0.324. The number of rotatable bonds is 8. The van der Waals surface area contributed by atoms with Crippen molar-refractivity contribution in [2.24, 2.45) is 5.92 Å². The Morgan fingerprint density at radius 1 is 1.03 bits per heavy atom. The summed E-state index contributed by atoms with van der Waals surface area (Å²) in [6.07, 6.45) is 5.70. The molecule has 0 unspecified atom stereocenters. The molecule has 0 bridgehead atoms. The first-order chi connectivity index (χ1) is 18.5. The van der Waals surface area contributed by atoms with Crippen LogP contribution in [-0.4, -0.2) is 48.2 Å². The highest BCUT2D eigenvalue weighted by atomic mass is 32.1. The second-order valence-corrected chi connectivity index (χ2v) is 11.8. The molecule has 3 heterocycles. The van der Waals surface area contributed by atoms with Crippen molar-refractivity contribution in [3.05, 3.63) is 58.6 Å². The van der Waals surface area contributed by atoms with E-state index in [0.29, 0.717) is 12.0 Å². The van der Waals surface area contributed by atoms with Gasteiger partial charge in [0.1, 0.15) is 16.6 Å². The first-order valence-electron chi connectivity index (χ1n) is 13.7. The van der Waals surface area contributed by atoms with Gasteiger partial charge in [-0.3, -0.25) is 0 Å². The van der Waals surface area contributed by atoms with E-state index in [1.807, 2.05) is 37.6 Å². The zero-order chi connectivity index (χ0) is 26.1. The Labute approximate surface area is 228 Å². The summed E-state index contributed by atoms with van der Waals surface area (Å²) in [5.41, 5.74) is 4.62. The third kappa shape index (κ3) is 5.33. The highest BCUT2D eigenvalue weighted by Crippen LogP contribution is 2.34. The number of anilines is 2. The normalized spacial score (nSPS) is 18.8. The molecule has 38 heavy (non-hydrogen) atoms. The molecule has 1 saturated carbocycles. The van der Waals surface area contributed by atoms with Gasteiger partial charge in [-0.2, -0.15) is 4.98 Å². The van der Waals surface area contributed by atoms with Crippen molar-refractivity contribution in [2.45, 2.75) is 51.6 Å². The standard InChI is InChI=1S/C30H36N6OS/c1-19-27(38-29(32-19)22-10-13-26-21(16-22)14-15-37-26)18-31-17-20-8-11-23(12-9-20)33-30-34-25-7-5-4-6-24(25)28(35-30)36(2)3/h4-7,10,13,16,20,23,31H,8-9,11-12,14-15,17-18H2,1-3H3,(H,33,34,35). The largest absolute Gasteiger partial charge is 0.493 e. The number of aromatic nitrogens is 3. The number of hydrogen-bond acceptors (Lipinski definition) is 8. The van der Waals surface area contributed by atoms with E-state index < -0.39 is 0 Å². The topological polar surface area (TPSA) is 75.2 Å². The fourth-order valence-corrected chi connectivity index (χ4v) is 6.61. The molecular weight excluding hydrogens is 492 g/mol. The number of benzene rings is 2. The van der Waals surface area contributed by atoms with Crippen LogP contribution in [0.3, 0.4) is 0 Å². The molecule has 7 nitrogen and oxygen atoms in total. The molecule has 198 valence electrons. The molecular formula is C30H36N6OS. The molecule has 1 aliphatic carbocycles. The summed E-state index contributed by atoms with van der Waals surface area (Å²) in [5, 5.41) is 9.54. The van der Waals surface area contributed by atoms with E-state index in [-0.39, 0.29) is 0 Å². The lowest BCUT2D eigenvalue weighted by Gasteiger charge is -2.29. The van der Waals surface area contributed by atoms with Gasteiger partial charge < -0.3 is 20.3 Å². The number of hydrogen-bond donors (Lipinski definition) is 2. The zero-order valence-corrected chi connectivity index (χ0v) is 23.3. The summed E-state index contributed by atoms with van der Waals surface area (Å²) in [5.74, 6) is 3.42. The van der Waals surface area contributed by atoms with Crippen LogP contribution in [0.4, 0.5) is 11.8 Å². The monoisotopic (exact) mass is 528 g/mol. The van der Waals surface area contributed by atoms with Gasteiger partial charge >= 0.3 is 0 Å². The lowest BCUT2D eigenvalue weighted by Crippen LogP contribution is -2.31. The first-order valence-corrected chi connectivity index (χ1v) is 14.5. The Morgan fingerprint density at radius 3 is 2.71 bits per heavy atom. The predicted molar refractivity (Wildman–Crippen MR) is 156 cm³/mol. The Hall–Kier alpha value is -3.23. The van der Waals surface area contributed by atoms with Crippen molar-refractivity contribution in [2.75, 3.05) is 37.5 Å². The average molecular weight is 529 g/mol. The summed E-state index contributed by atoms with van der Waals surface area (Å²) in [6, 6.07) is 15.1. The minimum atomic E-state index is 0.423.